The average Bonchev–Trinajstić information content (AvgIpc) is 1.60. The number of amides is 7. The highest BCUT2D eigenvalue weighted by molar-refractivity contribution is 9.10. The number of aromatic amines is 2. The number of carbonyl (C=O) groups excluding carboxylic acids is 7. The summed E-state index contributed by atoms with van der Waals surface area (Å²) in [5.74, 6) is -1.78. The quantitative estimate of drug-likeness (QED) is 0.0274. The number of pyridine rings is 7. The Labute approximate surface area is 725 Å². The third-order valence-electron chi connectivity index (χ3n) is 20.1. The first-order valence-corrected chi connectivity index (χ1v) is 41.2. The molecule has 33 nitrogen and oxygen atoms in total. The van der Waals surface area contributed by atoms with Gasteiger partial charge in [0.05, 0.1) is 72.2 Å². The zero-order valence-corrected chi connectivity index (χ0v) is 73.7. The lowest BCUT2D eigenvalue weighted by molar-refractivity contribution is -0.131. The first-order valence-electron chi connectivity index (χ1n) is 39.6. The molecule has 40 heteroatoms. The van der Waals surface area contributed by atoms with Crippen molar-refractivity contribution in [1.29, 1.82) is 5.26 Å². The predicted octanol–water partition coefficient (Wildman–Crippen LogP) is 13.9. The van der Waals surface area contributed by atoms with Gasteiger partial charge in [0.15, 0.2) is 6.19 Å². The maximum absolute atomic E-state index is 15.5. The Hall–Kier alpha value is -11.6. The van der Waals surface area contributed by atoms with E-state index in [0.717, 1.165) is 41.9 Å². The molecule has 0 aromatic carbocycles. The third-order valence-corrected chi connectivity index (χ3v) is 21.0. The monoisotopic (exact) mass is 1830 g/mol. The molecule has 9 aromatic heterocycles. The molecule has 0 unspecified atom stereocenters. The van der Waals surface area contributed by atoms with E-state index in [0.29, 0.717) is 74.5 Å². The average molecular weight is 1830 g/mol. The molecule has 7 amide bonds. The Balaban J connectivity index is 0.000000167. The molecule has 5 fully saturated rings. The Morgan fingerprint density at radius 1 is 0.463 bits per heavy atom. The summed E-state index contributed by atoms with van der Waals surface area (Å²) in [6, 6.07) is 20.5. The molecule has 5 saturated heterocycles. The van der Waals surface area contributed by atoms with Crippen molar-refractivity contribution >= 4 is 137 Å². The van der Waals surface area contributed by atoms with Gasteiger partial charge in [0.25, 0.3) is 23.6 Å². The molecular formula is C83H100BBr2F4N21O12. The molecule has 0 radical (unpaired) electrons. The van der Waals surface area contributed by atoms with Gasteiger partial charge in [-0.3, -0.25) is 39.3 Å². The highest BCUT2D eigenvalue weighted by atomic mass is 79.9. The van der Waals surface area contributed by atoms with Crippen LogP contribution in [0.3, 0.4) is 0 Å². The molecule has 4 atom stereocenters. The fourth-order valence-corrected chi connectivity index (χ4v) is 13.5. The first kappa shape index (κ1) is 93.7. The zero-order valence-electron chi connectivity index (χ0n) is 70.5. The number of H-pyrrole nitrogens is 2. The van der Waals surface area contributed by atoms with Gasteiger partial charge in [-0.05, 0) is 240 Å². The summed E-state index contributed by atoms with van der Waals surface area (Å²) >= 11 is 6.47. The maximum Gasteiger partial charge on any atom is 0.496 e. The van der Waals surface area contributed by atoms with E-state index in [1.807, 2.05) is 52.1 Å². The molecule has 0 saturated carbocycles. The summed E-state index contributed by atoms with van der Waals surface area (Å²) in [7, 11) is -0.578. The van der Waals surface area contributed by atoms with Crippen molar-refractivity contribution in [1.82, 2.24) is 74.9 Å². The normalized spacial score (nSPS) is 20.5. The topological polar surface area (TPSA) is 424 Å². The number of anilines is 5. The molecule has 14 heterocycles. The second kappa shape index (κ2) is 38.9. The van der Waals surface area contributed by atoms with Gasteiger partial charge in [0.2, 0.25) is 22.7 Å². The number of halogens is 6. The molecule has 8 N–H and O–H groups in total. The number of carbonyl (C=O) groups is 7. The van der Waals surface area contributed by atoms with E-state index in [9.17, 15) is 38.0 Å². The maximum atomic E-state index is 15.5. The SMILES string of the molecule is CC(C)(C)OC(=O)N1CCC[C@](F)(C(=O)Nc2ccc(-c3nccc4cn[nH]c34)cn2)C1.CC(C)(C)OC(=O)N1CCC[C@](F)(C(=O)Nc2ccc(B3OC(C)(C)C(C)(C)O3)cn2)C1.CC(C)(C)OC(=O)N1CCC[C@](F)(C(=O)Nc2ccc(Br)cn2)C1.N#CN1CCC[C@](F)(C(=O)Nc2ccc(-c3nccc4cn[nH]c34)cn2)C1.Nc1ccc(Br)cn1. The molecule has 654 valence electrons. The van der Waals surface area contributed by atoms with E-state index < -0.39 is 99.7 Å². The number of likely N-dealkylation sites (tertiary alicyclic amines) is 4. The fraction of sp³-hybridized carbons (Fsp3) is 0.458. The van der Waals surface area contributed by atoms with Crippen LogP contribution >= 0.6 is 31.9 Å². The van der Waals surface area contributed by atoms with Crippen molar-refractivity contribution in [2.45, 2.75) is 192 Å². The standard InChI is InChI=1S/C22H33BFN3O5.C22H25FN6O3.C18H16FN7O.C16H21BrFN3O3.C5H5BrN2/c1-19(2,3)30-18(29)27-12-8-11-22(24,14-27)17(28)26-16-10-9-15(13-25-16)23-31-20(4,5)21(6,7)32-23;1-21(2,3)32-20(31)29-10-4-8-22(23,13-29)19(30)27-16-6-5-14(11-25-16)17-18-15(7-9-24-17)12-26-28-18;19-18(5-1-7-26(10-18)11-20)17(27)24-14-3-2-12(8-22-14)15-16-13(4-6-21-15)9-23-25-16;1-15(2,3)24-14(23)21-8-4-7-16(18,10-21)13(22)20-12-6-5-11(17)9-19-12;6-4-1-2-5(7)8-3-4/h9-10,13H,8,11-12,14H2,1-7H3,(H,25,26,28);5-7,9,11-12H,4,8,10,13H2,1-3H3,(H,26,28)(H,25,27,30);2-4,6,8-9H,1,5,7,10H2,(H,23,25)(H,22,24,27);5-6,9H,4,7-8,10H2,1-3H3,(H,19,20,22);1-3H,(H2,7,8)/t2*22-;18-;16-;/m1111./s1. The molecule has 0 spiro atoms. The number of nitrogen functional groups attached to an aromatic ring is 1. The molecule has 5 aliphatic rings. The number of nitrogens with one attached hydrogen (secondary N) is 6. The lowest BCUT2D eigenvalue weighted by Gasteiger charge is -2.36. The van der Waals surface area contributed by atoms with Crippen molar-refractivity contribution < 1.29 is 74.6 Å². The number of hydrogen-bond donors (Lipinski definition) is 7. The number of piperidine rings is 4. The lowest BCUT2D eigenvalue weighted by Crippen LogP contribution is -2.54. The van der Waals surface area contributed by atoms with E-state index in [4.69, 9.17) is 34.5 Å². The molecule has 0 aliphatic carbocycles. The van der Waals surface area contributed by atoms with Gasteiger partial charge < -0.3 is 70.1 Å². The zero-order chi connectivity index (χ0) is 89.7. The number of hydrogen-bond acceptors (Lipinski definition) is 24. The van der Waals surface area contributed by atoms with Crippen LogP contribution in [0.2, 0.25) is 0 Å². The summed E-state index contributed by atoms with van der Waals surface area (Å²) < 4.78 is 90.5. The van der Waals surface area contributed by atoms with Crippen molar-refractivity contribution in [2.24, 2.45) is 0 Å². The van der Waals surface area contributed by atoms with Gasteiger partial charge in [0, 0.05) is 106 Å². The number of nitrogens with two attached hydrogens (primary N) is 1. The van der Waals surface area contributed by atoms with E-state index in [2.05, 4.69) is 108 Å². The summed E-state index contributed by atoms with van der Waals surface area (Å²) in [6.45, 7) is 23.7. The summed E-state index contributed by atoms with van der Waals surface area (Å²) in [6.07, 6.45) is 16.3. The van der Waals surface area contributed by atoms with Crippen molar-refractivity contribution in [3.8, 4) is 28.7 Å². The van der Waals surface area contributed by atoms with E-state index in [1.54, 1.807) is 160 Å². The van der Waals surface area contributed by atoms with Crippen LogP contribution in [0.4, 0.5) is 61.0 Å². The minimum absolute atomic E-state index is 0.0158. The second-order valence-corrected chi connectivity index (χ2v) is 35.8. The van der Waals surface area contributed by atoms with Gasteiger partial charge in [0.1, 0.15) is 45.9 Å². The van der Waals surface area contributed by atoms with Crippen LogP contribution in [0.5, 0.6) is 0 Å². The first-order chi connectivity index (χ1) is 57.7. The van der Waals surface area contributed by atoms with Gasteiger partial charge in [-0.1, -0.05) is 6.07 Å². The van der Waals surface area contributed by atoms with Gasteiger partial charge in [-0.2, -0.15) is 15.5 Å². The Morgan fingerprint density at radius 2 is 0.805 bits per heavy atom. The van der Waals surface area contributed by atoms with Crippen molar-refractivity contribution in [3.63, 3.8) is 0 Å². The number of nitrogens with zero attached hydrogens (tertiary/aromatic N) is 14. The van der Waals surface area contributed by atoms with E-state index >= 15 is 13.2 Å². The number of aromatic nitrogens is 11. The van der Waals surface area contributed by atoms with Gasteiger partial charge in [-0.25, -0.2) is 56.9 Å². The lowest BCUT2D eigenvalue weighted by atomic mass is 9.80. The van der Waals surface area contributed by atoms with Crippen molar-refractivity contribution in [2.75, 3.05) is 79.4 Å². The highest BCUT2D eigenvalue weighted by Crippen LogP contribution is 2.38. The molecule has 0 bridgehead atoms. The van der Waals surface area contributed by atoms with E-state index in [-0.39, 0.29) is 75.1 Å². The number of nitriles is 1. The van der Waals surface area contributed by atoms with Crippen LogP contribution in [-0.2, 0) is 42.7 Å². The van der Waals surface area contributed by atoms with Crippen LogP contribution in [0, 0.1) is 11.5 Å². The number of rotatable bonds is 11. The number of fused-ring (bicyclic) bond motifs is 2. The largest absolute Gasteiger partial charge is 0.496 e. The molecular weight excluding hydrogens is 1730 g/mol. The Kier molecular flexibility index (Phi) is 29.6. The third kappa shape index (κ3) is 25.3. The van der Waals surface area contributed by atoms with E-state index in [1.165, 1.54) is 32.0 Å². The predicted molar refractivity (Wildman–Crippen MR) is 460 cm³/mol. The molecule has 123 heavy (non-hydrogen) atoms. The van der Waals surface area contributed by atoms with Crippen LogP contribution in [-0.4, -0.2) is 227 Å². The Bertz CT molecular complexity index is 5220. The van der Waals surface area contributed by atoms with Crippen LogP contribution in [0.15, 0.2) is 138 Å². The number of alkyl halides is 4. The Morgan fingerprint density at radius 3 is 1.12 bits per heavy atom. The highest BCUT2D eigenvalue weighted by Gasteiger charge is 2.53. The molecule has 14 rings (SSSR count). The van der Waals surface area contributed by atoms with Gasteiger partial charge in [-0.15, -0.1) is 0 Å². The minimum Gasteiger partial charge on any atom is -0.444 e. The molecule has 5 aliphatic heterocycles. The van der Waals surface area contributed by atoms with Crippen LogP contribution in [0.1, 0.15) is 141 Å². The van der Waals surface area contributed by atoms with Crippen molar-refractivity contribution in [3.05, 3.63) is 138 Å². The molecule has 9 aromatic rings. The fourth-order valence-electron chi connectivity index (χ4n) is 13.1. The van der Waals surface area contributed by atoms with Gasteiger partial charge >= 0.3 is 25.4 Å². The number of ether oxygens (including phenoxy) is 3. The smallest absolute Gasteiger partial charge is 0.444 e. The second-order valence-electron chi connectivity index (χ2n) is 34.0. The van der Waals surface area contributed by atoms with Crippen LogP contribution in [0.25, 0.3) is 44.3 Å². The summed E-state index contributed by atoms with van der Waals surface area (Å²) in [5, 5.41) is 34.6. The minimum atomic E-state index is -2.22. The summed E-state index contributed by atoms with van der Waals surface area (Å²) in [5.41, 5.74) is -1.34. The van der Waals surface area contributed by atoms with Crippen LogP contribution < -0.4 is 32.5 Å². The summed E-state index contributed by atoms with van der Waals surface area (Å²) in [4.78, 5) is 121.